The zero-order valence-electron chi connectivity index (χ0n) is 16.0. The van der Waals surface area contributed by atoms with E-state index in [1.807, 2.05) is 22.9 Å². The maximum absolute atomic E-state index is 12.8. The number of rotatable bonds is 3. The van der Waals surface area contributed by atoms with Crippen molar-refractivity contribution in [1.82, 2.24) is 24.7 Å². The van der Waals surface area contributed by atoms with Gasteiger partial charge in [-0.3, -0.25) is 14.5 Å². The van der Waals surface area contributed by atoms with E-state index < -0.39 is 0 Å². The lowest BCUT2D eigenvalue weighted by molar-refractivity contribution is -0.144. The van der Waals surface area contributed by atoms with Crippen LogP contribution >= 0.6 is 0 Å². The van der Waals surface area contributed by atoms with Crippen molar-refractivity contribution in [3.8, 4) is 0 Å². The van der Waals surface area contributed by atoms with Crippen molar-refractivity contribution in [1.29, 1.82) is 0 Å². The fourth-order valence-electron chi connectivity index (χ4n) is 4.58. The van der Waals surface area contributed by atoms with Crippen LogP contribution in [0.5, 0.6) is 0 Å². The molecule has 0 bridgehead atoms. The Labute approximate surface area is 160 Å². The van der Waals surface area contributed by atoms with E-state index in [9.17, 15) is 9.59 Å². The number of carbonyl (C=O) groups is 2. The van der Waals surface area contributed by atoms with Gasteiger partial charge in [-0.15, -0.1) is 0 Å². The molecule has 3 fully saturated rings. The Kier molecular flexibility index (Phi) is 4.99. The number of carbonyl (C=O) groups excluding carboxylic acids is 2. The van der Waals surface area contributed by atoms with Crippen LogP contribution in [0.4, 0.5) is 5.95 Å². The number of aromatic nitrogens is 2. The molecule has 1 spiro atoms. The molecule has 1 aromatic heterocycles. The SMILES string of the molecule is CN1CCCC2(CCN(C(=O)CN3CCN(c4ncccn4)CC3)C2)C1=O. The summed E-state index contributed by atoms with van der Waals surface area (Å²) in [6, 6.07) is 1.82. The minimum Gasteiger partial charge on any atom is -0.345 e. The minimum atomic E-state index is -0.327. The molecule has 8 nitrogen and oxygen atoms in total. The Hall–Kier alpha value is -2.22. The third-order valence-electron chi connectivity index (χ3n) is 6.22. The third kappa shape index (κ3) is 3.63. The maximum atomic E-state index is 12.8. The van der Waals surface area contributed by atoms with E-state index in [2.05, 4.69) is 19.8 Å². The molecule has 0 saturated carbocycles. The van der Waals surface area contributed by atoms with E-state index in [0.29, 0.717) is 19.6 Å². The normalized spacial score (nSPS) is 26.9. The number of hydrogen-bond donors (Lipinski definition) is 0. The molecular weight excluding hydrogens is 344 g/mol. The van der Waals surface area contributed by atoms with Crippen LogP contribution in [0.15, 0.2) is 18.5 Å². The molecular formula is C19H28N6O2. The van der Waals surface area contributed by atoms with Gasteiger partial charge in [0, 0.05) is 65.3 Å². The highest BCUT2D eigenvalue weighted by molar-refractivity contribution is 5.86. The average Bonchev–Trinajstić information content (AvgIpc) is 3.13. The molecule has 3 aliphatic rings. The molecule has 0 aliphatic carbocycles. The van der Waals surface area contributed by atoms with Gasteiger partial charge in [0.05, 0.1) is 12.0 Å². The van der Waals surface area contributed by atoms with E-state index in [4.69, 9.17) is 0 Å². The van der Waals surface area contributed by atoms with Crippen LogP contribution in [0.25, 0.3) is 0 Å². The van der Waals surface area contributed by atoms with Crippen molar-refractivity contribution < 1.29 is 9.59 Å². The van der Waals surface area contributed by atoms with Crippen LogP contribution in [0.3, 0.4) is 0 Å². The number of piperazine rings is 1. The van der Waals surface area contributed by atoms with E-state index in [1.54, 1.807) is 12.4 Å². The molecule has 0 radical (unpaired) electrons. The second-order valence-electron chi connectivity index (χ2n) is 7.99. The average molecular weight is 372 g/mol. The predicted octanol–water partition coefficient (Wildman–Crippen LogP) is 0.0695. The summed E-state index contributed by atoms with van der Waals surface area (Å²) in [4.78, 5) is 42.1. The van der Waals surface area contributed by atoms with Gasteiger partial charge in [-0.25, -0.2) is 9.97 Å². The van der Waals surface area contributed by atoms with Crippen LogP contribution in [0.1, 0.15) is 19.3 Å². The van der Waals surface area contributed by atoms with Gasteiger partial charge in [0.1, 0.15) is 0 Å². The standard InChI is InChI=1S/C19H28N6O2/c1-22-8-2-4-19(17(22)27)5-9-25(15-19)16(26)14-23-10-12-24(13-11-23)18-20-6-3-7-21-18/h3,6-7H,2,4-5,8-15H2,1H3. The van der Waals surface area contributed by atoms with Gasteiger partial charge in [-0.1, -0.05) is 0 Å². The van der Waals surface area contributed by atoms with Crippen molar-refractivity contribution >= 4 is 17.8 Å². The van der Waals surface area contributed by atoms with Gasteiger partial charge in [-0.05, 0) is 25.3 Å². The van der Waals surface area contributed by atoms with E-state index in [-0.39, 0.29) is 17.2 Å². The number of piperidine rings is 1. The molecule has 1 aromatic rings. The molecule has 0 aromatic carbocycles. The van der Waals surface area contributed by atoms with Crippen LogP contribution in [0.2, 0.25) is 0 Å². The number of likely N-dealkylation sites (tertiary alicyclic amines) is 2. The lowest BCUT2D eigenvalue weighted by Gasteiger charge is -2.37. The molecule has 8 heteroatoms. The summed E-state index contributed by atoms with van der Waals surface area (Å²) in [6.45, 7) is 5.86. The van der Waals surface area contributed by atoms with Gasteiger partial charge < -0.3 is 14.7 Å². The van der Waals surface area contributed by atoms with Crippen LogP contribution < -0.4 is 4.90 Å². The van der Waals surface area contributed by atoms with Crippen LogP contribution in [-0.4, -0.2) is 95.9 Å². The fraction of sp³-hybridized carbons (Fsp3) is 0.684. The summed E-state index contributed by atoms with van der Waals surface area (Å²) in [5.41, 5.74) is -0.327. The molecule has 4 rings (SSSR count). The smallest absolute Gasteiger partial charge is 0.236 e. The van der Waals surface area contributed by atoms with Gasteiger partial charge in [-0.2, -0.15) is 0 Å². The first-order valence-electron chi connectivity index (χ1n) is 9.85. The zero-order valence-corrected chi connectivity index (χ0v) is 16.0. The first-order chi connectivity index (χ1) is 13.1. The van der Waals surface area contributed by atoms with Crippen molar-refractivity contribution in [2.45, 2.75) is 19.3 Å². The molecule has 1 atom stereocenters. The second kappa shape index (κ2) is 7.42. The number of anilines is 1. The largest absolute Gasteiger partial charge is 0.345 e. The van der Waals surface area contributed by atoms with Crippen molar-refractivity contribution in [2.75, 3.05) is 64.3 Å². The molecule has 3 saturated heterocycles. The Morgan fingerprint density at radius 3 is 2.56 bits per heavy atom. The number of nitrogens with zero attached hydrogens (tertiary/aromatic N) is 6. The van der Waals surface area contributed by atoms with E-state index in [1.165, 1.54) is 0 Å². The Bertz CT molecular complexity index is 691. The molecule has 2 amide bonds. The second-order valence-corrected chi connectivity index (χ2v) is 7.99. The number of hydrogen-bond acceptors (Lipinski definition) is 6. The number of amides is 2. The Morgan fingerprint density at radius 1 is 1.07 bits per heavy atom. The topological polar surface area (TPSA) is 72.9 Å². The predicted molar refractivity (Wildman–Crippen MR) is 101 cm³/mol. The minimum absolute atomic E-state index is 0.150. The molecule has 1 unspecified atom stereocenters. The lowest BCUT2D eigenvalue weighted by atomic mass is 9.78. The van der Waals surface area contributed by atoms with Crippen molar-refractivity contribution in [3.05, 3.63) is 18.5 Å². The first kappa shape index (κ1) is 18.2. The Morgan fingerprint density at radius 2 is 1.81 bits per heavy atom. The van der Waals surface area contributed by atoms with Gasteiger partial charge in [0.15, 0.2) is 0 Å². The molecule has 3 aliphatic heterocycles. The third-order valence-corrected chi connectivity index (χ3v) is 6.22. The fourth-order valence-corrected chi connectivity index (χ4v) is 4.58. The summed E-state index contributed by atoms with van der Waals surface area (Å²) < 4.78 is 0. The summed E-state index contributed by atoms with van der Waals surface area (Å²) in [6.07, 6.45) is 6.27. The monoisotopic (exact) mass is 372 g/mol. The maximum Gasteiger partial charge on any atom is 0.236 e. The molecule has 146 valence electrons. The van der Waals surface area contributed by atoms with Crippen LogP contribution in [0, 0.1) is 5.41 Å². The summed E-state index contributed by atoms with van der Waals surface area (Å²) in [5, 5.41) is 0. The van der Waals surface area contributed by atoms with Crippen molar-refractivity contribution in [2.24, 2.45) is 5.41 Å². The van der Waals surface area contributed by atoms with Gasteiger partial charge in [0.25, 0.3) is 0 Å². The Balaban J connectivity index is 1.29. The summed E-state index contributed by atoms with van der Waals surface area (Å²) in [5.74, 6) is 1.13. The summed E-state index contributed by atoms with van der Waals surface area (Å²) in [7, 11) is 1.88. The lowest BCUT2D eigenvalue weighted by Crippen LogP contribution is -2.51. The zero-order chi connectivity index (χ0) is 18.9. The van der Waals surface area contributed by atoms with Gasteiger partial charge >= 0.3 is 0 Å². The molecule has 0 N–H and O–H groups in total. The quantitative estimate of drug-likeness (QED) is 0.748. The first-order valence-corrected chi connectivity index (χ1v) is 9.85. The van der Waals surface area contributed by atoms with E-state index >= 15 is 0 Å². The van der Waals surface area contributed by atoms with E-state index in [0.717, 1.165) is 57.9 Å². The highest BCUT2D eigenvalue weighted by atomic mass is 16.2. The van der Waals surface area contributed by atoms with Crippen LogP contribution in [-0.2, 0) is 9.59 Å². The molecule has 27 heavy (non-hydrogen) atoms. The summed E-state index contributed by atoms with van der Waals surface area (Å²) >= 11 is 0. The highest BCUT2D eigenvalue weighted by Crippen LogP contribution is 2.39. The highest BCUT2D eigenvalue weighted by Gasteiger charge is 2.48. The molecule has 4 heterocycles. The van der Waals surface area contributed by atoms with Gasteiger partial charge in [0.2, 0.25) is 17.8 Å². The van der Waals surface area contributed by atoms with Crippen molar-refractivity contribution in [3.63, 3.8) is 0 Å².